The van der Waals surface area contributed by atoms with E-state index in [-0.39, 0.29) is 17.6 Å². The SMILES string of the molecule is CC1Cc2c(C(N)=O)cc(F)cc2N1c1nncc(NCc2cccc(B(O)O)c2)n1. The van der Waals surface area contributed by atoms with Gasteiger partial charge in [-0.25, -0.2) is 4.39 Å². The Morgan fingerprint density at radius 3 is 2.90 bits per heavy atom. The molecule has 0 saturated carbocycles. The molecule has 5 N–H and O–H groups in total. The van der Waals surface area contributed by atoms with Crippen LogP contribution in [0.15, 0.2) is 42.6 Å². The molecule has 2 aromatic carbocycles. The monoisotopic (exact) mass is 422 g/mol. The summed E-state index contributed by atoms with van der Waals surface area (Å²) in [6.07, 6.45) is 1.95. The molecule has 31 heavy (non-hydrogen) atoms. The van der Waals surface area contributed by atoms with E-state index < -0.39 is 18.8 Å². The molecule has 0 radical (unpaired) electrons. The van der Waals surface area contributed by atoms with Gasteiger partial charge in [-0.05, 0) is 42.1 Å². The van der Waals surface area contributed by atoms with E-state index in [1.54, 1.807) is 23.1 Å². The number of anilines is 3. The molecule has 4 rings (SSSR count). The quantitative estimate of drug-likeness (QED) is 0.421. The van der Waals surface area contributed by atoms with Crippen molar-refractivity contribution in [2.45, 2.75) is 25.9 Å². The molecule has 1 aliphatic heterocycles. The van der Waals surface area contributed by atoms with Crippen molar-refractivity contribution in [1.29, 1.82) is 0 Å². The molecular weight excluding hydrogens is 402 g/mol. The van der Waals surface area contributed by atoms with Crippen molar-refractivity contribution in [2.24, 2.45) is 5.73 Å². The number of halogens is 1. The van der Waals surface area contributed by atoms with Crippen LogP contribution in [0.2, 0.25) is 0 Å². The molecule has 2 heterocycles. The van der Waals surface area contributed by atoms with Crippen LogP contribution in [-0.2, 0) is 13.0 Å². The molecule has 1 atom stereocenters. The molecule has 0 spiro atoms. The van der Waals surface area contributed by atoms with Gasteiger partial charge in [0, 0.05) is 18.2 Å². The maximum absolute atomic E-state index is 14.1. The zero-order valence-corrected chi connectivity index (χ0v) is 16.7. The van der Waals surface area contributed by atoms with Gasteiger partial charge in [0.15, 0.2) is 5.82 Å². The summed E-state index contributed by atoms with van der Waals surface area (Å²) in [7, 11) is -1.55. The summed E-state index contributed by atoms with van der Waals surface area (Å²) in [5.74, 6) is -0.557. The lowest BCUT2D eigenvalue weighted by molar-refractivity contribution is 0.0999. The van der Waals surface area contributed by atoms with E-state index >= 15 is 0 Å². The fraction of sp³-hybridized carbons (Fsp3) is 0.200. The predicted molar refractivity (Wildman–Crippen MR) is 114 cm³/mol. The van der Waals surface area contributed by atoms with Gasteiger partial charge in [-0.15, -0.1) is 5.10 Å². The second kappa shape index (κ2) is 8.28. The number of carbonyl (C=O) groups excluding carboxylic acids is 1. The summed E-state index contributed by atoms with van der Waals surface area (Å²) in [6, 6.07) is 9.19. The number of aromatic nitrogens is 3. The van der Waals surface area contributed by atoms with Crippen LogP contribution in [0.25, 0.3) is 0 Å². The molecule has 9 nitrogen and oxygen atoms in total. The molecule has 3 aromatic rings. The summed E-state index contributed by atoms with van der Waals surface area (Å²) < 4.78 is 14.1. The third-order valence-corrected chi connectivity index (χ3v) is 5.14. The molecule has 1 aromatic heterocycles. The van der Waals surface area contributed by atoms with E-state index in [0.29, 0.717) is 35.5 Å². The number of hydrogen-bond donors (Lipinski definition) is 4. The Labute approximate surface area is 177 Å². The van der Waals surface area contributed by atoms with E-state index in [1.165, 1.54) is 12.3 Å². The number of rotatable bonds is 6. The second-order valence-corrected chi connectivity index (χ2v) is 7.35. The van der Waals surface area contributed by atoms with Gasteiger partial charge in [0.25, 0.3) is 5.95 Å². The Balaban J connectivity index is 1.60. The van der Waals surface area contributed by atoms with Crippen molar-refractivity contribution in [2.75, 3.05) is 10.2 Å². The largest absolute Gasteiger partial charge is 0.488 e. The summed E-state index contributed by atoms with van der Waals surface area (Å²) in [5.41, 5.74) is 7.92. The number of primary amides is 1. The van der Waals surface area contributed by atoms with E-state index in [0.717, 1.165) is 11.6 Å². The van der Waals surface area contributed by atoms with Crippen molar-refractivity contribution in [3.8, 4) is 0 Å². The lowest BCUT2D eigenvalue weighted by Gasteiger charge is -2.22. The van der Waals surface area contributed by atoms with E-state index in [2.05, 4.69) is 20.5 Å². The van der Waals surface area contributed by atoms with Crippen molar-refractivity contribution in [1.82, 2.24) is 15.2 Å². The Morgan fingerprint density at radius 1 is 1.35 bits per heavy atom. The zero-order valence-electron chi connectivity index (χ0n) is 16.7. The van der Waals surface area contributed by atoms with Gasteiger partial charge in [-0.2, -0.15) is 10.1 Å². The van der Waals surface area contributed by atoms with Gasteiger partial charge < -0.3 is 26.0 Å². The molecule has 1 amide bonds. The minimum atomic E-state index is -1.55. The van der Waals surface area contributed by atoms with Gasteiger partial charge in [-0.1, -0.05) is 24.3 Å². The number of nitrogens with two attached hydrogens (primary N) is 1. The van der Waals surface area contributed by atoms with Crippen LogP contribution in [0, 0.1) is 5.82 Å². The highest BCUT2D eigenvalue weighted by atomic mass is 19.1. The summed E-state index contributed by atoms with van der Waals surface area (Å²) >= 11 is 0. The summed E-state index contributed by atoms with van der Waals surface area (Å²) in [5, 5.41) is 29.8. The minimum absolute atomic E-state index is 0.130. The molecule has 11 heteroatoms. The smallest absolute Gasteiger partial charge is 0.423 e. The number of carbonyl (C=O) groups is 1. The first-order valence-corrected chi connectivity index (χ1v) is 9.63. The molecular formula is C20H20BFN6O3. The number of amides is 1. The number of nitrogens with one attached hydrogen (secondary N) is 1. The highest BCUT2D eigenvalue weighted by Gasteiger charge is 2.33. The number of hydrogen-bond acceptors (Lipinski definition) is 8. The Kier molecular flexibility index (Phi) is 5.53. The van der Waals surface area contributed by atoms with Gasteiger partial charge in [-0.3, -0.25) is 4.79 Å². The fourth-order valence-electron chi connectivity index (χ4n) is 3.74. The van der Waals surface area contributed by atoms with Crippen molar-refractivity contribution in [3.05, 3.63) is 65.1 Å². The van der Waals surface area contributed by atoms with E-state index in [1.807, 2.05) is 13.0 Å². The average Bonchev–Trinajstić information content (AvgIpc) is 3.07. The Hall–Kier alpha value is -3.57. The van der Waals surface area contributed by atoms with E-state index in [9.17, 15) is 19.2 Å². The van der Waals surface area contributed by atoms with Crippen LogP contribution in [0.5, 0.6) is 0 Å². The van der Waals surface area contributed by atoms with Gasteiger partial charge in [0.1, 0.15) is 5.82 Å². The highest BCUT2D eigenvalue weighted by molar-refractivity contribution is 6.58. The lowest BCUT2D eigenvalue weighted by atomic mass is 9.80. The molecule has 0 bridgehead atoms. The average molecular weight is 422 g/mol. The maximum atomic E-state index is 14.1. The number of fused-ring (bicyclic) bond motifs is 1. The van der Waals surface area contributed by atoms with Crippen molar-refractivity contribution in [3.63, 3.8) is 0 Å². The first-order valence-electron chi connectivity index (χ1n) is 9.63. The molecule has 0 saturated heterocycles. The first-order chi connectivity index (χ1) is 14.8. The van der Waals surface area contributed by atoms with Gasteiger partial charge in [0.2, 0.25) is 5.91 Å². The first kappa shape index (κ1) is 20.7. The van der Waals surface area contributed by atoms with Gasteiger partial charge in [0.05, 0.1) is 11.9 Å². The topological polar surface area (TPSA) is 137 Å². The normalized spacial score (nSPS) is 15.0. The van der Waals surface area contributed by atoms with Crippen molar-refractivity contribution < 1.29 is 19.2 Å². The van der Waals surface area contributed by atoms with Crippen molar-refractivity contribution >= 4 is 35.9 Å². The predicted octanol–water partition coefficient (Wildman–Crippen LogP) is 0.484. The Morgan fingerprint density at radius 2 is 2.16 bits per heavy atom. The fourth-order valence-corrected chi connectivity index (χ4v) is 3.74. The number of nitrogens with zero attached hydrogens (tertiary/aromatic N) is 4. The van der Waals surface area contributed by atoms with Crippen LogP contribution < -0.4 is 21.4 Å². The van der Waals surface area contributed by atoms with Crippen LogP contribution in [0.1, 0.15) is 28.4 Å². The molecule has 0 aliphatic carbocycles. The molecule has 158 valence electrons. The summed E-state index contributed by atoms with van der Waals surface area (Å²) in [6.45, 7) is 2.28. The third-order valence-electron chi connectivity index (χ3n) is 5.14. The lowest BCUT2D eigenvalue weighted by Crippen LogP contribution is -2.30. The molecule has 0 fully saturated rings. The Bertz CT molecular complexity index is 1150. The molecule has 1 aliphatic rings. The third kappa shape index (κ3) is 4.18. The standard InChI is InChI=1S/C20H20BFN6O3/c1-11-5-15-16(19(23)29)7-14(22)8-17(15)28(11)20-26-18(10-25-27-20)24-9-12-3-2-4-13(6-12)21(30)31/h2-4,6-8,10-11,30-31H,5,9H2,1H3,(H2,23,29)(H,24,26,27). The highest BCUT2D eigenvalue weighted by Crippen LogP contribution is 2.39. The van der Waals surface area contributed by atoms with Crippen LogP contribution >= 0.6 is 0 Å². The van der Waals surface area contributed by atoms with Crippen LogP contribution in [0.3, 0.4) is 0 Å². The van der Waals surface area contributed by atoms with Gasteiger partial charge >= 0.3 is 7.12 Å². The number of benzene rings is 2. The van der Waals surface area contributed by atoms with E-state index in [4.69, 9.17) is 5.73 Å². The van der Waals surface area contributed by atoms with Crippen LogP contribution in [-0.4, -0.2) is 44.3 Å². The zero-order chi connectivity index (χ0) is 22.1. The molecule has 1 unspecified atom stereocenters. The summed E-state index contributed by atoms with van der Waals surface area (Å²) in [4.78, 5) is 18.0. The minimum Gasteiger partial charge on any atom is -0.423 e. The van der Waals surface area contributed by atoms with Crippen LogP contribution in [0.4, 0.5) is 21.8 Å². The second-order valence-electron chi connectivity index (χ2n) is 7.35. The maximum Gasteiger partial charge on any atom is 0.488 e.